The number of nitrogens with one attached hydrogen (secondary N) is 1. The van der Waals surface area contributed by atoms with Crippen LogP contribution in [0.4, 0.5) is 0 Å². The molecule has 0 aromatic heterocycles. The highest BCUT2D eigenvalue weighted by Crippen LogP contribution is 2.17. The molecule has 14 heavy (non-hydrogen) atoms. The maximum absolute atomic E-state index is 5.82. The Morgan fingerprint density at radius 3 is 2.93 bits per heavy atom. The van der Waals surface area contributed by atoms with Crippen molar-refractivity contribution < 1.29 is 4.74 Å². The lowest BCUT2D eigenvalue weighted by atomic mass is 10.0. The zero-order chi connectivity index (χ0) is 9.80. The highest BCUT2D eigenvalue weighted by Gasteiger charge is 2.29. The molecule has 0 aromatic rings. The lowest BCUT2D eigenvalue weighted by molar-refractivity contribution is -0.0193. The summed E-state index contributed by atoms with van der Waals surface area (Å²) in [6.45, 7) is 7.91. The second-order valence-corrected chi connectivity index (χ2v) is 4.44. The van der Waals surface area contributed by atoms with Crippen molar-refractivity contribution in [2.24, 2.45) is 0 Å². The van der Waals surface area contributed by atoms with Gasteiger partial charge in [0.1, 0.15) is 0 Å². The number of rotatable bonds is 4. The quantitative estimate of drug-likeness (QED) is 0.725. The molecule has 3 nitrogen and oxygen atoms in total. The fourth-order valence-corrected chi connectivity index (χ4v) is 2.25. The molecule has 0 amide bonds. The molecule has 2 fully saturated rings. The van der Waals surface area contributed by atoms with E-state index >= 15 is 0 Å². The van der Waals surface area contributed by atoms with Crippen molar-refractivity contribution in [1.82, 2.24) is 10.2 Å². The molecule has 0 saturated carbocycles. The number of likely N-dealkylation sites (tertiary alicyclic amines) is 1. The van der Waals surface area contributed by atoms with Crippen LogP contribution in [-0.2, 0) is 4.74 Å². The van der Waals surface area contributed by atoms with E-state index in [0.717, 1.165) is 25.6 Å². The molecule has 0 aromatic carbocycles. The van der Waals surface area contributed by atoms with E-state index in [0.29, 0.717) is 6.10 Å². The largest absolute Gasteiger partial charge is 0.377 e. The maximum Gasteiger partial charge on any atom is 0.0702 e. The minimum Gasteiger partial charge on any atom is -0.377 e. The predicted octanol–water partition coefficient (Wildman–Crippen LogP) is 0.849. The first-order chi connectivity index (χ1) is 6.90. The van der Waals surface area contributed by atoms with Gasteiger partial charge in [-0.3, -0.25) is 4.90 Å². The Morgan fingerprint density at radius 1 is 1.43 bits per heavy atom. The van der Waals surface area contributed by atoms with Crippen LogP contribution >= 0.6 is 0 Å². The van der Waals surface area contributed by atoms with Gasteiger partial charge in [0.05, 0.1) is 6.10 Å². The van der Waals surface area contributed by atoms with Gasteiger partial charge in [-0.2, -0.15) is 0 Å². The fraction of sp³-hybridized carbons (Fsp3) is 1.00. The first-order valence-electron chi connectivity index (χ1n) is 5.96. The van der Waals surface area contributed by atoms with E-state index in [4.69, 9.17) is 4.74 Å². The molecule has 1 unspecified atom stereocenters. The number of hydrogen-bond acceptors (Lipinski definition) is 3. The molecule has 2 rings (SSSR count). The van der Waals surface area contributed by atoms with Gasteiger partial charge in [0.15, 0.2) is 0 Å². The summed E-state index contributed by atoms with van der Waals surface area (Å²) in [5, 5.41) is 3.33. The Kier molecular flexibility index (Phi) is 3.79. The number of piperidine rings is 1. The summed E-state index contributed by atoms with van der Waals surface area (Å²) in [6, 6.07) is 0.794. The van der Waals surface area contributed by atoms with Crippen LogP contribution in [0.3, 0.4) is 0 Å². The van der Waals surface area contributed by atoms with Crippen molar-refractivity contribution >= 4 is 0 Å². The van der Waals surface area contributed by atoms with Gasteiger partial charge < -0.3 is 10.1 Å². The van der Waals surface area contributed by atoms with Gasteiger partial charge >= 0.3 is 0 Å². The topological polar surface area (TPSA) is 24.5 Å². The molecule has 2 aliphatic rings. The van der Waals surface area contributed by atoms with Crippen molar-refractivity contribution in [3.05, 3.63) is 0 Å². The Morgan fingerprint density at radius 2 is 2.29 bits per heavy atom. The third kappa shape index (κ3) is 2.47. The molecule has 0 bridgehead atoms. The molecule has 82 valence electrons. The van der Waals surface area contributed by atoms with Crippen LogP contribution < -0.4 is 5.32 Å². The molecule has 3 heteroatoms. The van der Waals surface area contributed by atoms with Crippen LogP contribution in [0.25, 0.3) is 0 Å². The zero-order valence-corrected chi connectivity index (χ0v) is 9.17. The minimum atomic E-state index is 0.504. The van der Waals surface area contributed by atoms with Gasteiger partial charge in [-0.25, -0.2) is 0 Å². The highest BCUT2D eigenvalue weighted by atomic mass is 16.5. The van der Waals surface area contributed by atoms with Gasteiger partial charge in [-0.15, -0.1) is 0 Å². The first kappa shape index (κ1) is 10.4. The van der Waals surface area contributed by atoms with E-state index in [1.165, 1.54) is 32.5 Å². The van der Waals surface area contributed by atoms with E-state index in [1.54, 1.807) is 0 Å². The van der Waals surface area contributed by atoms with Crippen LogP contribution in [0.5, 0.6) is 0 Å². The molecule has 2 heterocycles. The lowest BCUT2D eigenvalue weighted by Gasteiger charge is -2.42. The van der Waals surface area contributed by atoms with Gasteiger partial charge in [0.2, 0.25) is 0 Å². The summed E-state index contributed by atoms with van der Waals surface area (Å²) in [7, 11) is 0. The minimum absolute atomic E-state index is 0.504. The third-order valence-corrected chi connectivity index (χ3v) is 3.24. The third-order valence-electron chi connectivity index (χ3n) is 3.24. The van der Waals surface area contributed by atoms with Crippen LogP contribution in [0.1, 0.15) is 26.2 Å². The average molecular weight is 198 g/mol. The molecule has 0 spiro atoms. The Bertz CT molecular complexity index is 171. The first-order valence-corrected chi connectivity index (χ1v) is 5.96. The monoisotopic (exact) mass is 198 g/mol. The van der Waals surface area contributed by atoms with Gasteiger partial charge in [0.25, 0.3) is 0 Å². The zero-order valence-electron chi connectivity index (χ0n) is 9.17. The summed E-state index contributed by atoms with van der Waals surface area (Å²) >= 11 is 0. The molecule has 1 atom stereocenters. The molecule has 2 aliphatic heterocycles. The molecule has 2 saturated heterocycles. The fourth-order valence-electron chi connectivity index (χ4n) is 2.25. The highest BCUT2D eigenvalue weighted by molar-refractivity contribution is 4.87. The van der Waals surface area contributed by atoms with Crippen LogP contribution in [0.15, 0.2) is 0 Å². The second-order valence-electron chi connectivity index (χ2n) is 4.44. The van der Waals surface area contributed by atoms with Crippen molar-refractivity contribution in [2.75, 3.05) is 32.8 Å². The van der Waals surface area contributed by atoms with E-state index in [-0.39, 0.29) is 0 Å². The standard InChI is InChI=1S/C11H22N2O/c1-2-6-14-11-4-3-5-13(9-11)10-7-12-8-10/h10-12H,2-9H2,1H3. The summed E-state index contributed by atoms with van der Waals surface area (Å²) in [4.78, 5) is 2.60. The van der Waals surface area contributed by atoms with Gasteiger partial charge in [-0.1, -0.05) is 6.92 Å². The summed E-state index contributed by atoms with van der Waals surface area (Å²) < 4.78 is 5.82. The molecule has 0 radical (unpaired) electrons. The molecule has 0 aliphatic carbocycles. The lowest BCUT2D eigenvalue weighted by Crippen LogP contribution is -2.60. The second kappa shape index (κ2) is 5.10. The number of ether oxygens (including phenoxy) is 1. The van der Waals surface area contributed by atoms with Gasteiger partial charge in [-0.05, 0) is 25.8 Å². The van der Waals surface area contributed by atoms with Crippen LogP contribution in [0.2, 0.25) is 0 Å². The molecular formula is C11H22N2O. The van der Waals surface area contributed by atoms with Crippen molar-refractivity contribution in [2.45, 2.75) is 38.3 Å². The van der Waals surface area contributed by atoms with Crippen molar-refractivity contribution in [1.29, 1.82) is 0 Å². The number of hydrogen-bond donors (Lipinski definition) is 1. The Hall–Kier alpha value is -0.120. The number of nitrogens with zero attached hydrogens (tertiary/aromatic N) is 1. The van der Waals surface area contributed by atoms with E-state index in [9.17, 15) is 0 Å². The average Bonchev–Trinajstić information content (AvgIpc) is 2.13. The summed E-state index contributed by atoms with van der Waals surface area (Å²) in [6.07, 6.45) is 4.22. The SMILES string of the molecule is CCCOC1CCCN(C2CNC2)C1. The molecule has 1 N–H and O–H groups in total. The Labute approximate surface area is 86.8 Å². The van der Waals surface area contributed by atoms with E-state index in [1.807, 2.05) is 0 Å². The van der Waals surface area contributed by atoms with Crippen LogP contribution in [-0.4, -0.2) is 49.8 Å². The smallest absolute Gasteiger partial charge is 0.0702 e. The Balaban J connectivity index is 1.72. The normalized spacial score (nSPS) is 30.2. The van der Waals surface area contributed by atoms with Crippen molar-refractivity contribution in [3.63, 3.8) is 0 Å². The molecular weight excluding hydrogens is 176 g/mol. The van der Waals surface area contributed by atoms with E-state index in [2.05, 4.69) is 17.1 Å². The van der Waals surface area contributed by atoms with Crippen LogP contribution in [0, 0.1) is 0 Å². The van der Waals surface area contributed by atoms with E-state index < -0.39 is 0 Å². The maximum atomic E-state index is 5.82. The predicted molar refractivity (Wildman–Crippen MR) is 57.5 cm³/mol. The van der Waals surface area contributed by atoms with Crippen molar-refractivity contribution in [3.8, 4) is 0 Å². The van der Waals surface area contributed by atoms with Gasteiger partial charge in [0, 0.05) is 32.3 Å². The summed E-state index contributed by atoms with van der Waals surface area (Å²) in [5.41, 5.74) is 0. The summed E-state index contributed by atoms with van der Waals surface area (Å²) in [5.74, 6) is 0.